The van der Waals surface area contributed by atoms with Gasteiger partial charge in [-0.05, 0) is 59.0 Å². The lowest BCUT2D eigenvalue weighted by atomic mass is 9.77. The highest BCUT2D eigenvalue weighted by Crippen LogP contribution is 2.43. The molecule has 18 atom stereocenters. The van der Waals surface area contributed by atoms with Gasteiger partial charge in [-0.15, -0.1) is 0 Å². The van der Waals surface area contributed by atoms with E-state index in [2.05, 4.69) is 10.2 Å². The third-order valence-corrected chi connectivity index (χ3v) is 14.5. The van der Waals surface area contributed by atoms with Crippen molar-refractivity contribution in [1.82, 2.24) is 0 Å². The molecule has 4 rings (SSSR count). The van der Waals surface area contributed by atoms with Crippen molar-refractivity contribution in [2.24, 2.45) is 51.5 Å². The van der Waals surface area contributed by atoms with Crippen molar-refractivity contribution in [2.75, 3.05) is 7.11 Å². The summed E-state index contributed by atoms with van der Waals surface area (Å²) in [6, 6.07) is 0. The molecule has 4 aliphatic rings. The van der Waals surface area contributed by atoms with Gasteiger partial charge in [0.1, 0.15) is 18.3 Å². The lowest BCUT2D eigenvalue weighted by Crippen LogP contribution is -2.59. The van der Waals surface area contributed by atoms with E-state index in [0.717, 1.165) is 12.0 Å². The maximum absolute atomic E-state index is 13.9. The fourth-order valence-electron chi connectivity index (χ4n) is 10.2. The molecule has 0 radical (unpaired) electrons. The molecule has 0 aromatic heterocycles. The van der Waals surface area contributed by atoms with E-state index in [0.29, 0.717) is 31.3 Å². The monoisotopic (exact) mass is 990 g/mol. The number of aliphatic hydroxyl groups excluding tert-OH is 4. The third-order valence-electron chi connectivity index (χ3n) is 14.5. The second kappa shape index (κ2) is 26.1. The van der Waals surface area contributed by atoms with Gasteiger partial charge in [0.15, 0.2) is 23.8 Å². The smallest absolute Gasteiger partial charge is 0.404 e. The molecule has 396 valence electrons. The molecule has 1 amide bonds. The van der Waals surface area contributed by atoms with Crippen molar-refractivity contribution in [3.05, 3.63) is 59.4 Å². The normalized spacial score (nSPS) is 39.5. The number of rotatable bonds is 16. The van der Waals surface area contributed by atoms with Gasteiger partial charge in [-0.3, -0.25) is 4.79 Å². The van der Waals surface area contributed by atoms with E-state index < -0.39 is 120 Å². The topological polar surface area (TPSA) is 268 Å². The first kappa shape index (κ1) is 58.6. The molecule has 2 saturated heterocycles. The van der Waals surface area contributed by atoms with Gasteiger partial charge >= 0.3 is 18.0 Å². The van der Waals surface area contributed by atoms with Crippen molar-refractivity contribution in [2.45, 2.75) is 206 Å². The molecule has 0 aromatic carbocycles. The molecule has 70 heavy (non-hydrogen) atoms. The van der Waals surface area contributed by atoms with Crippen LogP contribution in [-0.2, 0) is 42.7 Å². The number of cyclic esters (lactones) is 1. The number of allylic oxidation sites excluding steroid dienone is 6. The van der Waals surface area contributed by atoms with Crippen molar-refractivity contribution >= 4 is 18.0 Å². The molecule has 4 heterocycles. The minimum absolute atomic E-state index is 0.0301. The summed E-state index contributed by atoms with van der Waals surface area (Å²) in [5.74, 6) is -7.26. The Hall–Kier alpha value is -4.01. The Morgan fingerprint density at radius 1 is 1.03 bits per heavy atom. The maximum Gasteiger partial charge on any atom is 0.404 e. The van der Waals surface area contributed by atoms with Gasteiger partial charge in [0.25, 0.3) is 0 Å². The van der Waals surface area contributed by atoms with Gasteiger partial charge in [-0.2, -0.15) is 10.2 Å². The second-order valence-electron chi connectivity index (χ2n) is 20.2. The zero-order valence-corrected chi connectivity index (χ0v) is 43.3. The number of nitrogens with two attached hydrogens (primary N) is 1. The van der Waals surface area contributed by atoms with Gasteiger partial charge in [-0.25, -0.2) is 9.59 Å². The third kappa shape index (κ3) is 15.5. The number of primary amides is 1. The minimum Gasteiger partial charge on any atom is -0.490 e. The van der Waals surface area contributed by atoms with Crippen molar-refractivity contribution in [3.8, 4) is 0 Å². The Labute approximate surface area is 414 Å². The van der Waals surface area contributed by atoms with E-state index in [1.807, 2.05) is 41.5 Å². The molecule has 0 spiro atoms. The highest BCUT2D eigenvalue weighted by atomic mass is 16.7. The van der Waals surface area contributed by atoms with Gasteiger partial charge < -0.3 is 64.4 Å². The Kier molecular flexibility index (Phi) is 21.8. The Morgan fingerprint density at radius 3 is 2.31 bits per heavy atom. The van der Waals surface area contributed by atoms with Crippen molar-refractivity contribution in [3.63, 3.8) is 0 Å². The molecule has 0 aromatic rings. The van der Waals surface area contributed by atoms with Gasteiger partial charge in [0.2, 0.25) is 5.76 Å². The number of methoxy groups -OCH3 is 1. The van der Waals surface area contributed by atoms with Crippen molar-refractivity contribution < 1.29 is 73.1 Å². The highest BCUT2D eigenvalue weighted by molar-refractivity contribution is 5.87. The van der Waals surface area contributed by atoms with E-state index in [9.17, 15) is 39.9 Å². The molecule has 0 aliphatic carbocycles. The van der Waals surface area contributed by atoms with Gasteiger partial charge in [0, 0.05) is 55.3 Å². The summed E-state index contributed by atoms with van der Waals surface area (Å²) < 4.78 is 41.9. The van der Waals surface area contributed by atoms with Crippen LogP contribution in [0.1, 0.15) is 128 Å². The van der Waals surface area contributed by atoms with Crippen LogP contribution in [0.25, 0.3) is 0 Å². The average Bonchev–Trinajstić information content (AvgIpc) is 4.07. The first-order valence-electron chi connectivity index (χ1n) is 25.1. The standard InChI is InChI=1S/C52H83N3O15/c1-13-17-38-32(8)41(67-43-26-39(48(35(11)65-43)69-50(53)62)66-42(57)20-22-51(21-14-2)54-55-51)27-52(63,70-38)34(10)46(60)33(9)47-37(56)19-16-18-28(4)23-30(6)44(58)36(15-3)45(59)31(7)24-29(5)25-40(64-12)49(61)68-47/h13,16-19,24-25,30-39,41,43-48,56,58-60,63H,14-15,20-23,26-27H2,1-12H3,(H2,53,62)/b17-13+,19-16+,28-18+,29-24+,40-25-/t30-,31-,32-,33+,34+,35+,36+,37+,38-,39+,41-,43-,44+,45-,46-,47-,48+,52-/m1/s1. The quantitative estimate of drug-likeness (QED) is 0.0539. The number of hydrogen-bond donors (Lipinski definition) is 6. The Bertz CT molecular complexity index is 1930. The van der Waals surface area contributed by atoms with E-state index in [1.165, 1.54) is 19.3 Å². The maximum atomic E-state index is 13.9. The second-order valence-corrected chi connectivity index (χ2v) is 20.2. The predicted molar refractivity (Wildman–Crippen MR) is 259 cm³/mol. The first-order valence-corrected chi connectivity index (χ1v) is 25.1. The van der Waals surface area contributed by atoms with E-state index in [4.69, 9.17) is 38.9 Å². The summed E-state index contributed by atoms with van der Waals surface area (Å²) in [5, 5.41) is 67.5. The van der Waals surface area contributed by atoms with Crippen LogP contribution in [0.3, 0.4) is 0 Å². The van der Waals surface area contributed by atoms with Crippen LogP contribution < -0.4 is 5.73 Å². The van der Waals surface area contributed by atoms with E-state index >= 15 is 0 Å². The molecule has 0 bridgehead atoms. The fourth-order valence-corrected chi connectivity index (χ4v) is 10.2. The molecule has 4 aliphatic heterocycles. The highest BCUT2D eigenvalue weighted by Gasteiger charge is 2.53. The van der Waals surface area contributed by atoms with Crippen LogP contribution in [0.4, 0.5) is 4.79 Å². The summed E-state index contributed by atoms with van der Waals surface area (Å²) in [6.07, 6.45) is 2.00. The van der Waals surface area contributed by atoms with E-state index in [-0.39, 0.29) is 36.9 Å². The SMILES string of the molecule is C/C=C/[C@H]1O[C@@](O)([C@@H](C)[C@H](O)[C@H](C)[C@H]2OC(=O)/C(OC)=C/C(C)=C/[C@@H](C)[C@@H](O)[C@@H](CC)[C@@H](O)[C@H](C)C/C(C)=C/C=C/[C@@H]2O)C[C@@H](O[C@@H]2C[C@H](OC(=O)CCC3(CCC)N=N3)[C@@H](OC(N)=O)[C@H](C)O2)[C@@H]1C. The lowest BCUT2D eigenvalue weighted by molar-refractivity contribution is -0.339. The van der Waals surface area contributed by atoms with Crippen LogP contribution in [0.15, 0.2) is 69.7 Å². The molecule has 2 fully saturated rings. The lowest BCUT2D eigenvalue weighted by Gasteiger charge is -2.50. The number of hydrogen-bond acceptors (Lipinski definition) is 17. The van der Waals surface area contributed by atoms with Crippen LogP contribution in [0.2, 0.25) is 0 Å². The minimum atomic E-state index is -2.06. The molecule has 18 heteroatoms. The number of ether oxygens (including phenoxy) is 7. The van der Waals surface area contributed by atoms with Crippen LogP contribution in [-0.4, -0.2) is 129 Å². The van der Waals surface area contributed by atoms with Gasteiger partial charge in [0.05, 0.1) is 43.7 Å². The number of carbonyl (C=O) groups is 3. The summed E-state index contributed by atoms with van der Waals surface area (Å²) in [6.45, 7) is 19.8. The number of amides is 1. The van der Waals surface area contributed by atoms with Crippen LogP contribution in [0, 0.1) is 35.5 Å². The van der Waals surface area contributed by atoms with Gasteiger partial charge in [-0.1, -0.05) is 102 Å². The Morgan fingerprint density at radius 2 is 1.71 bits per heavy atom. The first-order chi connectivity index (χ1) is 32.9. The number of esters is 2. The summed E-state index contributed by atoms with van der Waals surface area (Å²) in [5.41, 5.74) is 6.31. The summed E-state index contributed by atoms with van der Waals surface area (Å²) in [4.78, 5) is 39.1. The number of nitrogens with zero attached hydrogens (tertiary/aromatic N) is 2. The number of carbonyl (C=O) groups excluding carboxylic acids is 3. The summed E-state index contributed by atoms with van der Waals surface area (Å²) >= 11 is 0. The fraction of sp³-hybridized carbons (Fsp3) is 0.750. The largest absolute Gasteiger partial charge is 0.490 e. The van der Waals surface area contributed by atoms with Crippen molar-refractivity contribution in [1.29, 1.82) is 0 Å². The molecule has 0 unspecified atom stereocenters. The zero-order valence-electron chi connectivity index (χ0n) is 43.3. The predicted octanol–water partition coefficient (Wildman–Crippen LogP) is 6.62. The molecule has 0 saturated carbocycles. The van der Waals surface area contributed by atoms with E-state index in [1.54, 1.807) is 65.0 Å². The molecule has 18 nitrogen and oxygen atoms in total. The Balaban J connectivity index is 1.61. The summed E-state index contributed by atoms with van der Waals surface area (Å²) in [7, 11) is 1.30. The average molecular weight is 990 g/mol. The molecule has 7 N–H and O–H groups in total. The van der Waals surface area contributed by atoms with Crippen LogP contribution >= 0.6 is 0 Å². The number of aliphatic hydroxyl groups is 5. The molecular formula is C52H83N3O15. The molecular weight excluding hydrogens is 907 g/mol. The van der Waals surface area contributed by atoms with Crippen LogP contribution in [0.5, 0.6) is 0 Å². The zero-order chi connectivity index (χ0) is 52.2.